The molecular weight excluding hydrogens is 447 g/mol. The monoisotopic (exact) mass is 470 g/mol. The van der Waals surface area contributed by atoms with Gasteiger partial charge in [-0.25, -0.2) is 4.98 Å². The lowest BCUT2D eigenvalue weighted by atomic mass is 9.93. The van der Waals surface area contributed by atoms with Crippen molar-refractivity contribution < 1.29 is 14.6 Å². The van der Waals surface area contributed by atoms with E-state index < -0.39 is 0 Å². The zero-order valence-electron chi connectivity index (χ0n) is 16.3. The molecule has 1 amide bonds. The van der Waals surface area contributed by atoms with Crippen molar-refractivity contribution in [1.29, 1.82) is 0 Å². The highest BCUT2D eigenvalue weighted by Gasteiger charge is 2.23. The molecule has 162 valence electrons. The first-order valence-corrected chi connectivity index (χ1v) is 10.2. The highest BCUT2D eigenvalue weighted by Crippen LogP contribution is 2.32. The average Bonchev–Trinajstić information content (AvgIpc) is 3.11. The van der Waals surface area contributed by atoms with Gasteiger partial charge in [0.25, 0.3) is 5.91 Å². The third-order valence-electron chi connectivity index (χ3n) is 4.83. The van der Waals surface area contributed by atoms with E-state index in [0.717, 1.165) is 41.0 Å². The molecule has 1 aliphatic rings. The molecule has 2 heterocycles. The molecule has 1 aromatic carbocycles. The van der Waals surface area contributed by atoms with Crippen LogP contribution in [0.25, 0.3) is 10.2 Å². The molecule has 3 N–H and O–H groups in total. The van der Waals surface area contributed by atoms with Crippen LogP contribution < -0.4 is 15.4 Å². The zero-order valence-corrected chi connectivity index (χ0v) is 18.8. The number of anilines is 1. The van der Waals surface area contributed by atoms with Crippen LogP contribution in [0.2, 0.25) is 0 Å². The van der Waals surface area contributed by atoms with Gasteiger partial charge in [-0.3, -0.25) is 9.78 Å². The molecule has 0 aliphatic heterocycles. The molecule has 2 aromatic heterocycles. The van der Waals surface area contributed by atoms with E-state index in [1.54, 1.807) is 25.4 Å². The molecule has 3 aromatic rings. The maximum absolute atomic E-state index is 11.7. The van der Waals surface area contributed by atoms with Crippen molar-refractivity contribution in [2.75, 3.05) is 12.4 Å². The van der Waals surface area contributed by atoms with Crippen molar-refractivity contribution in [2.24, 2.45) is 0 Å². The maximum atomic E-state index is 11.7. The molecule has 0 saturated heterocycles. The van der Waals surface area contributed by atoms with Gasteiger partial charge < -0.3 is 20.5 Å². The van der Waals surface area contributed by atoms with Gasteiger partial charge in [0.2, 0.25) is 0 Å². The van der Waals surface area contributed by atoms with E-state index in [1.165, 1.54) is 11.3 Å². The molecular formula is C20H24Cl2N4O3S. The van der Waals surface area contributed by atoms with Gasteiger partial charge in [-0.1, -0.05) is 24.2 Å². The van der Waals surface area contributed by atoms with Crippen LogP contribution in [0.1, 0.15) is 36.2 Å². The Morgan fingerprint density at radius 2 is 1.93 bits per heavy atom. The maximum Gasteiger partial charge on any atom is 0.269 e. The molecule has 1 aliphatic carbocycles. The fourth-order valence-electron chi connectivity index (χ4n) is 3.33. The van der Waals surface area contributed by atoms with Crippen LogP contribution in [0.4, 0.5) is 5.13 Å². The van der Waals surface area contributed by atoms with Gasteiger partial charge in [0.15, 0.2) is 5.13 Å². The molecule has 1 fully saturated rings. The highest BCUT2D eigenvalue weighted by atomic mass is 35.5. The number of nitrogens with one attached hydrogen (secondary N) is 2. The molecule has 7 nitrogen and oxygen atoms in total. The Kier molecular flexibility index (Phi) is 8.66. The Morgan fingerprint density at radius 3 is 2.70 bits per heavy atom. The molecule has 1 saturated carbocycles. The fourth-order valence-corrected chi connectivity index (χ4v) is 4.29. The van der Waals surface area contributed by atoms with Crippen LogP contribution in [0.3, 0.4) is 0 Å². The topological polar surface area (TPSA) is 96.4 Å². The summed E-state index contributed by atoms with van der Waals surface area (Å²) < 4.78 is 6.89. The summed E-state index contributed by atoms with van der Waals surface area (Å²) in [7, 11) is 1.56. The number of aromatic nitrogens is 2. The first kappa shape index (κ1) is 24.1. The Labute approximate surface area is 191 Å². The number of benzene rings is 1. The number of rotatable bonds is 5. The van der Waals surface area contributed by atoms with Crippen LogP contribution in [0, 0.1) is 0 Å². The number of amides is 1. The summed E-state index contributed by atoms with van der Waals surface area (Å²) in [5, 5.41) is 16.9. The lowest BCUT2D eigenvalue weighted by molar-refractivity contribution is 0.0957. The number of carbonyl (C=O) groups excluding carboxylic acids is 1. The lowest BCUT2D eigenvalue weighted by Crippen LogP contribution is -2.36. The van der Waals surface area contributed by atoms with E-state index in [9.17, 15) is 9.90 Å². The number of pyridine rings is 1. The number of aliphatic hydroxyl groups excluding tert-OH is 1. The quantitative estimate of drug-likeness (QED) is 0.511. The third kappa shape index (κ3) is 5.51. The van der Waals surface area contributed by atoms with Crippen molar-refractivity contribution in [3.05, 3.63) is 42.2 Å². The minimum atomic E-state index is -0.319. The van der Waals surface area contributed by atoms with Gasteiger partial charge in [-0.2, -0.15) is 0 Å². The second-order valence-corrected chi connectivity index (χ2v) is 7.84. The zero-order chi connectivity index (χ0) is 19.5. The summed E-state index contributed by atoms with van der Waals surface area (Å²) in [6.07, 6.45) is 5.23. The molecule has 2 atom stereocenters. The van der Waals surface area contributed by atoms with Gasteiger partial charge >= 0.3 is 0 Å². The van der Waals surface area contributed by atoms with E-state index >= 15 is 0 Å². The first-order chi connectivity index (χ1) is 13.6. The van der Waals surface area contributed by atoms with E-state index in [4.69, 9.17) is 4.74 Å². The SMILES string of the molecule is CNC(=O)c1cc(Oc2ccc3nc(N[C@@H]4CCCC[C@H]4O)sc3c2)ccn1.Cl.Cl. The molecule has 0 bridgehead atoms. The van der Waals surface area contributed by atoms with Crippen LogP contribution in [0.15, 0.2) is 36.5 Å². The molecule has 30 heavy (non-hydrogen) atoms. The summed E-state index contributed by atoms with van der Waals surface area (Å²) in [6.45, 7) is 0. The second kappa shape index (κ2) is 10.8. The first-order valence-electron chi connectivity index (χ1n) is 9.33. The van der Waals surface area contributed by atoms with E-state index in [1.807, 2.05) is 18.2 Å². The van der Waals surface area contributed by atoms with Gasteiger partial charge in [0, 0.05) is 25.4 Å². The molecule has 0 radical (unpaired) electrons. The van der Waals surface area contributed by atoms with Gasteiger partial charge in [-0.15, -0.1) is 24.8 Å². The van der Waals surface area contributed by atoms with Crippen LogP contribution in [-0.2, 0) is 0 Å². The molecule has 0 spiro atoms. The van der Waals surface area contributed by atoms with Crippen molar-refractivity contribution in [2.45, 2.75) is 37.8 Å². The number of fused-ring (bicyclic) bond motifs is 1. The van der Waals surface area contributed by atoms with Gasteiger partial charge in [0.05, 0.1) is 22.4 Å². The summed E-state index contributed by atoms with van der Waals surface area (Å²) in [5.74, 6) is 0.944. The minimum Gasteiger partial charge on any atom is -0.457 e. The van der Waals surface area contributed by atoms with E-state index in [-0.39, 0.29) is 42.9 Å². The van der Waals surface area contributed by atoms with E-state index in [2.05, 4.69) is 20.6 Å². The number of hydrogen-bond acceptors (Lipinski definition) is 7. The predicted octanol–water partition coefficient (Wildman–Crippen LogP) is 4.40. The summed E-state index contributed by atoms with van der Waals surface area (Å²) in [5.41, 5.74) is 1.18. The summed E-state index contributed by atoms with van der Waals surface area (Å²) in [4.78, 5) is 20.4. The Morgan fingerprint density at radius 1 is 1.17 bits per heavy atom. The average molecular weight is 471 g/mol. The summed E-state index contributed by atoms with van der Waals surface area (Å²) >= 11 is 1.54. The number of halogens is 2. The Hall–Kier alpha value is -2.13. The van der Waals surface area contributed by atoms with Gasteiger partial charge in [0.1, 0.15) is 17.2 Å². The number of nitrogens with zero attached hydrogens (tertiary/aromatic N) is 2. The van der Waals surface area contributed by atoms with E-state index in [0.29, 0.717) is 17.2 Å². The van der Waals surface area contributed by atoms with Crippen molar-refractivity contribution in [3.8, 4) is 11.5 Å². The lowest BCUT2D eigenvalue weighted by Gasteiger charge is -2.27. The summed E-state index contributed by atoms with van der Waals surface area (Å²) in [6, 6.07) is 9.06. The Balaban J connectivity index is 0.00000160. The fraction of sp³-hybridized carbons (Fsp3) is 0.350. The minimum absolute atomic E-state index is 0. The number of hydrogen-bond donors (Lipinski definition) is 3. The molecule has 0 unspecified atom stereocenters. The largest absolute Gasteiger partial charge is 0.457 e. The third-order valence-corrected chi connectivity index (χ3v) is 5.77. The highest BCUT2D eigenvalue weighted by molar-refractivity contribution is 7.22. The molecule has 4 rings (SSSR count). The van der Waals surface area contributed by atoms with Crippen LogP contribution >= 0.6 is 36.2 Å². The number of thiazole rings is 1. The van der Waals surface area contributed by atoms with Gasteiger partial charge in [-0.05, 0) is 31.0 Å². The number of carbonyl (C=O) groups is 1. The second-order valence-electron chi connectivity index (χ2n) is 6.81. The van der Waals surface area contributed by atoms with Crippen LogP contribution in [0.5, 0.6) is 11.5 Å². The van der Waals surface area contributed by atoms with Crippen LogP contribution in [-0.4, -0.2) is 40.2 Å². The van der Waals surface area contributed by atoms with Crippen molar-refractivity contribution >= 4 is 57.4 Å². The van der Waals surface area contributed by atoms with Crippen molar-refractivity contribution in [3.63, 3.8) is 0 Å². The predicted molar refractivity (Wildman–Crippen MR) is 124 cm³/mol. The number of ether oxygens (including phenoxy) is 1. The smallest absolute Gasteiger partial charge is 0.269 e. The molecule has 10 heteroatoms. The Bertz CT molecular complexity index is 1000. The van der Waals surface area contributed by atoms with Crippen molar-refractivity contribution in [1.82, 2.24) is 15.3 Å². The standard InChI is InChI=1S/C20H22N4O3S.2ClH/c1-21-19(26)16-10-13(8-9-22-16)27-12-6-7-15-18(11-12)28-20(24-15)23-14-4-2-3-5-17(14)25;;/h6-11,14,17,25H,2-5H2,1H3,(H,21,26)(H,23,24);2*1H/t14-,17-;;/m1../s1. The number of aliphatic hydroxyl groups is 1. The normalized spacial score (nSPS) is 18.1.